The quantitative estimate of drug-likeness (QED) is 0.189. The maximum atomic E-state index is 12.4. The van der Waals surface area contributed by atoms with Gasteiger partial charge in [0.1, 0.15) is 11.8 Å². The van der Waals surface area contributed by atoms with E-state index in [9.17, 15) is 19.8 Å². The summed E-state index contributed by atoms with van der Waals surface area (Å²) < 4.78 is 5.80. The number of aliphatic carboxylic acids is 1. The summed E-state index contributed by atoms with van der Waals surface area (Å²) in [4.78, 5) is 23.9. The predicted molar refractivity (Wildman–Crippen MR) is 165 cm³/mol. The van der Waals surface area contributed by atoms with Gasteiger partial charge in [-0.1, -0.05) is 65.0 Å². The Balaban J connectivity index is 2.18. The standard InChI is InChI=1S/C34H52N2O5/c1-8-34(9-2,26-15-13-25(23(3)20-26)14-18-30(37)33(5,6)7)27-16-17-29(24(4)21-27)41-22-31(38)36-28(32(39)40)12-10-11-19-35/h13,15-17,20-21,28,30,37H,8-12,14,18-19,22,35H2,1-7H3,(H,36,38)(H,39,40). The van der Waals surface area contributed by atoms with Gasteiger partial charge in [-0.05, 0) is 105 Å². The smallest absolute Gasteiger partial charge is 0.326 e. The SMILES string of the molecule is CCC(CC)(c1ccc(CCC(O)C(C)(C)C)c(C)c1)c1ccc(OCC(=O)NC(CCCCN)C(=O)O)c(C)c1. The zero-order valence-electron chi connectivity index (χ0n) is 26.2. The Bertz CT molecular complexity index is 1150. The summed E-state index contributed by atoms with van der Waals surface area (Å²) in [7, 11) is 0. The third kappa shape index (κ3) is 9.30. The van der Waals surface area contributed by atoms with Crippen LogP contribution in [0, 0.1) is 19.3 Å². The molecule has 0 saturated heterocycles. The second kappa shape index (κ2) is 15.4. The predicted octanol–water partition coefficient (Wildman–Crippen LogP) is 5.83. The molecule has 7 nitrogen and oxygen atoms in total. The molecule has 228 valence electrons. The Morgan fingerprint density at radius 3 is 2.07 bits per heavy atom. The van der Waals surface area contributed by atoms with Gasteiger partial charge in [0.05, 0.1) is 6.10 Å². The van der Waals surface area contributed by atoms with Crippen molar-refractivity contribution in [2.45, 2.75) is 111 Å². The summed E-state index contributed by atoms with van der Waals surface area (Å²) in [5, 5.41) is 22.5. The minimum Gasteiger partial charge on any atom is -0.484 e. The van der Waals surface area contributed by atoms with Crippen LogP contribution in [-0.2, 0) is 21.4 Å². The van der Waals surface area contributed by atoms with Gasteiger partial charge in [-0.15, -0.1) is 0 Å². The molecular weight excluding hydrogens is 516 g/mol. The Hall–Kier alpha value is -2.90. The summed E-state index contributed by atoms with van der Waals surface area (Å²) in [6.45, 7) is 15.0. The van der Waals surface area contributed by atoms with Crippen LogP contribution in [-0.4, -0.2) is 47.4 Å². The van der Waals surface area contributed by atoms with Crippen LogP contribution in [0.2, 0.25) is 0 Å². The maximum absolute atomic E-state index is 12.4. The molecule has 2 aromatic carbocycles. The zero-order valence-corrected chi connectivity index (χ0v) is 26.2. The Morgan fingerprint density at radius 1 is 0.951 bits per heavy atom. The van der Waals surface area contributed by atoms with Crippen molar-refractivity contribution in [3.63, 3.8) is 0 Å². The van der Waals surface area contributed by atoms with Gasteiger partial charge in [-0.25, -0.2) is 4.79 Å². The molecule has 0 bridgehead atoms. The zero-order chi connectivity index (χ0) is 30.8. The van der Waals surface area contributed by atoms with E-state index in [-0.39, 0.29) is 23.5 Å². The number of nitrogens with one attached hydrogen (secondary N) is 1. The number of aliphatic hydroxyl groups is 1. The first-order valence-corrected chi connectivity index (χ1v) is 15.0. The fourth-order valence-corrected chi connectivity index (χ4v) is 5.47. The number of unbranched alkanes of at least 4 members (excludes halogenated alkanes) is 1. The highest BCUT2D eigenvalue weighted by atomic mass is 16.5. The number of aliphatic hydroxyl groups excluding tert-OH is 1. The van der Waals surface area contributed by atoms with Crippen LogP contribution in [0.3, 0.4) is 0 Å². The first-order chi connectivity index (χ1) is 19.3. The lowest BCUT2D eigenvalue weighted by Gasteiger charge is -2.34. The van der Waals surface area contributed by atoms with Crippen LogP contribution < -0.4 is 15.8 Å². The molecule has 2 aromatic rings. The van der Waals surface area contributed by atoms with Crippen molar-refractivity contribution in [1.29, 1.82) is 0 Å². The number of ether oxygens (including phenoxy) is 1. The van der Waals surface area contributed by atoms with Crippen molar-refractivity contribution in [3.8, 4) is 5.75 Å². The molecule has 0 spiro atoms. The van der Waals surface area contributed by atoms with Crippen molar-refractivity contribution in [3.05, 3.63) is 64.2 Å². The van der Waals surface area contributed by atoms with E-state index < -0.39 is 17.9 Å². The number of carbonyl (C=O) groups is 2. The Kier molecular flexibility index (Phi) is 12.9. The molecule has 2 atom stereocenters. The molecule has 0 radical (unpaired) electrons. The van der Waals surface area contributed by atoms with E-state index in [1.54, 1.807) is 0 Å². The number of hydrogen-bond acceptors (Lipinski definition) is 5. The van der Waals surface area contributed by atoms with E-state index in [2.05, 4.69) is 77.2 Å². The first kappa shape index (κ1) is 34.3. The van der Waals surface area contributed by atoms with Crippen molar-refractivity contribution in [1.82, 2.24) is 5.32 Å². The number of carbonyl (C=O) groups excluding carboxylic acids is 1. The summed E-state index contributed by atoms with van der Waals surface area (Å²) in [5.74, 6) is -0.920. The number of carboxylic acids is 1. The van der Waals surface area contributed by atoms with Crippen LogP contribution in [0.1, 0.15) is 101 Å². The molecule has 1 amide bonds. The van der Waals surface area contributed by atoms with Crippen molar-refractivity contribution in [2.75, 3.05) is 13.2 Å². The van der Waals surface area contributed by atoms with E-state index in [1.807, 2.05) is 13.0 Å². The highest BCUT2D eigenvalue weighted by Gasteiger charge is 2.32. The molecule has 0 heterocycles. The molecule has 7 heteroatoms. The number of benzene rings is 2. The number of amides is 1. The fraction of sp³-hybridized carbons (Fsp3) is 0.588. The molecule has 0 aliphatic rings. The maximum Gasteiger partial charge on any atom is 0.326 e. The molecule has 5 N–H and O–H groups in total. The highest BCUT2D eigenvalue weighted by molar-refractivity contribution is 5.84. The van der Waals surface area contributed by atoms with Gasteiger partial charge < -0.3 is 26.0 Å². The van der Waals surface area contributed by atoms with Crippen molar-refractivity contribution in [2.24, 2.45) is 11.1 Å². The monoisotopic (exact) mass is 568 g/mol. The van der Waals surface area contributed by atoms with Gasteiger partial charge in [0.15, 0.2) is 6.61 Å². The largest absolute Gasteiger partial charge is 0.484 e. The number of carboxylic acid groups (broad SMARTS) is 1. The van der Waals surface area contributed by atoms with E-state index in [4.69, 9.17) is 10.5 Å². The molecule has 2 rings (SSSR count). The van der Waals surface area contributed by atoms with Gasteiger partial charge in [0.25, 0.3) is 5.91 Å². The third-order valence-electron chi connectivity index (χ3n) is 8.46. The lowest BCUT2D eigenvalue weighted by molar-refractivity contribution is -0.142. The first-order valence-electron chi connectivity index (χ1n) is 15.0. The average Bonchev–Trinajstić information content (AvgIpc) is 2.91. The molecule has 0 aliphatic heterocycles. The Labute approximate surface area is 246 Å². The van der Waals surface area contributed by atoms with Crippen molar-refractivity contribution < 1.29 is 24.5 Å². The number of hydrogen-bond donors (Lipinski definition) is 4. The minimum absolute atomic E-state index is 0.129. The van der Waals surface area contributed by atoms with Crippen LogP contribution in [0.15, 0.2) is 36.4 Å². The average molecular weight is 569 g/mol. The molecule has 41 heavy (non-hydrogen) atoms. The van der Waals surface area contributed by atoms with Gasteiger partial charge in [-0.2, -0.15) is 0 Å². The number of aryl methyl sites for hydroxylation is 3. The van der Waals surface area contributed by atoms with Crippen LogP contribution in [0.25, 0.3) is 0 Å². The number of rotatable bonds is 16. The molecule has 0 saturated carbocycles. The van der Waals surface area contributed by atoms with E-state index >= 15 is 0 Å². The van der Waals surface area contributed by atoms with Crippen LogP contribution >= 0.6 is 0 Å². The van der Waals surface area contributed by atoms with E-state index in [0.29, 0.717) is 31.6 Å². The fourth-order valence-electron chi connectivity index (χ4n) is 5.47. The van der Waals surface area contributed by atoms with Crippen molar-refractivity contribution >= 4 is 11.9 Å². The molecule has 0 fully saturated rings. The molecular formula is C34H52N2O5. The van der Waals surface area contributed by atoms with Gasteiger partial charge in [0, 0.05) is 5.41 Å². The van der Waals surface area contributed by atoms with E-state index in [1.165, 1.54) is 22.3 Å². The molecule has 0 aromatic heterocycles. The van der Waals surface area contributed by atoms with E-state index in [0.717, 1.165) is 31.2 Å². The lowest BCUT2D eigenvalue weighted by atomic mass is 9.69. The summed E-state index contributed by atoms with van der Waals surface area (Å²) in [5.41, 5.74) is 11.1. The second-order valence-electron chi connectivity index (χ2n) is 12.4. The minimum atomic E-state index is -1.06. The normalized spacial score (nSPS) is 13.5. The topological polar surface area (TPSA) is 122 Å². The molecule has 2 unspecified atom stereocenters. The van der Waals surface area contributed by atoms with Gasteiger partial charge in [-0.3, -0.25) is 4.79 Å². The highest BCUT2D eigenvalue weighted by Crippen LogP contribution is 2.41. The van der Waals surface area contributed by atoms with Crippen LogP contribution in [0.5, 0.6) is 5.75 Å². The van der Waals surface area contributed by atoms with Gasteiger partial charge in [0.2, 0.25) is 0 Å². The second-order valence-corrected chi connectivity index (χ2v) is 12.4. The summed E-state index contributed by atoms with van der Waals surface area (Å²) in [6, 6.07) is 11.9. The third-order valence-corrected chi connectivity index (χ3v) is 8.46. The Morgan fingerprint density at radius 2 is 1.56 bits per heavy atom. The van der Waals surface area contributed by atoms with Crippen LogP contribution in [0.4, 0.5) is 0 Å². The lowest BCUT2D eigenvalue weighted by Crippen LogP contribution is -2.43. The summed E-state index contributed by atoms with van der Waals surface area (Å²) in [6.07, 6.45) is 4.76. The molecule has 0 aliphatic carbocycles. The summed E-state index contributed by atoms with van der Waals surface area (Å²) >= 11 is 0. The van der Waals surface area contributed by atoms with Gasteiger partial charge >= 0.3 is 5.97 Å². The number of nitrogens with two attached hydrogens (primary N) is 1.